The zero-order chi connectivity index (χ0) is 11.7. The van der Waals surface area contributed by atoms with E-state index in [1.165, 1.54) is 0 Å². The normalized spacial score (nSPS) is 15.6. The number of aryl methyl sites for hydroxylation is 1. The van der Waals surface area contributed by atoms with Crippen LogP contribution in [0.25, 0.3) is 0 Å². The van der Waals surface area contributed by atoms with E-state index >= 15 is 0 Å². The van der Waals surface area contributed by atoms with Crippen LogP contribution in [0.3, 0.4) is 0 Å². The van der Waals surface area contributed by atoms with Crippen molar-refractivity contribution < 1.29 is 4.79 Å². The van der Waals surface area contributed by atoms with Crippen LogP contribution < -0.4 is 0 Å². The highest BCUT2D eigenvalue weighted by Gasteiger charge is 2.22. The zero-order valence-corrected chi connectivity index (χ0v) is 12.3. The van der Waals surface area contributed by atoms with Gasteiger partial charge in [-0.1, -0.05) is 0 Å². The molecule has 1 saturated heterocycles. The van der Waals surface area contributed by atoms with Gasteiger partial charge in [0.25, 0.3) is 5.91 Å². The first-order chi connectivity index (χ1) is 7.59. The molecule has 0 N–H and O–H groups in total. The lowest BCUT2D eigenvalue weighted by atomic mass is 10.1. The third kappa shape index (κ3) is 2.33. The molecule has 1 aromatic carbocycles. The van der Waals surface area contributed by atoms with Gasteiger partial charge in [-0.15, -0.1) is 0 Å². The van der Waals surface area contributed by atoms with E-state index in [1.807, 2.05) is 24.0 Å². The Morgan fingerprint density at radius 2 is 1.88 bits per heavy atom. The summed E-state index contributed by atoms with van der Waals surface area (Å²) in [5.41, 5.74) is 1.85. The number of halogens is 2. The van der Waals surface area contributed by atoms with Gasteiger partial charge in [-0.05, 0) is 69.3 Å². The van der Waals surface area contributed by atoms with Gasteiger partial charge in [0.05, 0.1) is 5.56 Å². The molecular formula is C12H13Br2NO. The Morgan fingerprint density at radius 3 is 2.50 bits per heavy atom. The van der Waals surface area contributed by atoms with Crippen molar-refractivity contribution in [3.8, 4) is 0 Å². The molecule has 0 unspecified atom stereocenters. The molecule has 2 rings (SSSR count). The van der Waals surface area contributed by atoms with E-state index in [0.29, 0.717) is 0 Å². The number of hydrogen-bond acceptors (Lipinski definition) is 1. The van der Waals surface area contributed by atoms with Crippen molar-refractivity contribution in [3.05, 3.63) is 32.2 Å². The minimum absolute atomic E-state index is 0.133. The summed E-state index contributed by atoms with van der Waals surface area (Å²) < 4.78 is 1.80. The second-order valence-electron chi connectivity index (χ2n) is 4.11. The SMILES string of the molecule is Cc1cc(Br)c(Br)c(C(=O)N2CCCC2)c1. The second kappa shape index (κ2) is 4.88. The van der Waals surface area contributed by atoms with Crippen LogP contribution in [0.1, 0.15) is 28.8 Å². The maximum Gasteiger partial charge on any atom is 0.255 e. The molecule has 1 amide bonds. The molecule has 1 aliphatic rings. The molecule has 0 spiro atoms. The smallest absolute Gasteiger partial charge is 0.255 e. The topological polar surface area (TPSA) is 20.3 Å². The summed E-state index contributed by atoms with van der Waals surface area (Å²) >= 11 is 6.92. The first-order valence-electron chi connectivity index (χ1n) is 5.34. The molecule has 86 valence electrons. The molecule has 1 heterocycles. The largest absolute Gasteiger partial charge is 0.339 e. The number of amides is 1. The number of carbonyl (C=O) groups excluding carboxylic acids is 1. The van der Waals surface area contributed by atoms with Gasteiger partial charge in [0.2, 0.25) is 0 Å². The molecule has 2 nitrogen and oxygen atoms in total. The van der Waals surface area contributed by atoms with E-state index in [1.54, 1.807) is 0 Å². The van der Waals surface area contributed by atoms with Gasteiger partial charge in [0.15, 0.2) is 0 Å². The highest BCUT2D eigenvalue weighted by atomic mass is 79.9. The van der Waals surface area contributed by atoms with E-state index in [-0.39, 0.29) is 5.91 Å². The number of benzene rings is 1. The summed E-state index contributed by atoms with van der Waals surface area (Å²) in [5, 5.41) is 0. The fourth-order valence-electron chi connectivity index (χ4n) is 1.97. The second-order valence-corrected chi connectivity index (χ2v) is 5.75. The van der Waals surface area contributed by atoms with Gasteiger partial charge >= 0.3 is 0 Å². The van der Waals surface area contributed by atoms with Crippen molar-refractivity contribution in [1.82, 2.24) is 4.90 Å². The summed E-state index contributed by atoms with van der Waals surface area (Å²) in [5.74, 6) is 0.133. The molecule has 0 aliphatic carbocycles. The molecule has 0 bridgehead atoms. The van der Waals surface area contributed by atoms with E-state index in [0.717, 1.165) is 46.0 Å². The predicted molar refractivity (Wildman–Crippen MR) is 71.7 cm³/mol. The maximum atomic E-state index is 12.2. The highest BCUT2D eigenvalue weighted by Crippen LogP contribution is 2.29. The Kier molecular flexibility index (Phi) is 3.70. The van der Waals surface area contributed by atoms with E-state index in [2.05, 4.69) is 31.9 Å². The Labute approximate surface area is 112 Å². The van der Waals surface area contributed by atoms with E-state index in [9.17, 15) is 4.79 Å². The van der Waals surface area contributed by atoms with Crippen molar-refractivity contribution in [2.45, 2.75) is 19.8 Å². The fraction of sp³-hybridized carbons (Fsp3) is 0.417. The molecule has 0 radical (unpaired) electrons. The van der Waals surface area contributed by atoms with Gasteiger partial charge in [-0.25, -0.2) is 0 Å². The van der Waals surface area contributed by atoms with Crippen LogP contribution in [-0.2, 0) is 0 Å². The monoisotopic (exact) mass is 345 g/mol. The molecule has 4 heteroatoms. The molecule has 0 aromatic heterocycles. The minimum atomic E-state index is 0.133. The average Bonchev–Trinajstić information content (AvgIpc) is 2.75. The van der Waals surface area contributed by atoms with Crippen molar-refractivity contribution in [3.63, 3.8) is 0 Å². The van der Waals surface area contributed by atoms with Crippen molar-refractivity contribution >= 4 is 37.8 Å². The van der Waals surface area contributed by atoms with Crippen LogP contribution in [0.15, 0.2) is 21.1 Å². The van der Waals surface area contributed by atoms with Crippen molar-refractivity contribution in [2.75, 3.05) is 13.1 Å². The zero-order valence-electron chi connectivity index (χ0n) is 9.09. The Bertz CT molecular complexity index is 425. The van der Waals surface area contributed by atoms with Gasteiger partial charge in [0, 0.05) is 22.0 Å². The quantitative estimate of drug-likeness (QED) is 0.758. The molecule has 0 saturated carbocycles. The average molecular weight is 347 g/mol. The Balaban J connectivity index is 2.35. The molecule has 1 aromatic rings. The molecular weight excluding hydrogens is 334 g/mol. The molecule has 1 fully saturated rings. The van der Waals surface area contributed by atoms with Gasteiger partial charge in [-0.2, -0.15) is 0 Å². The lowest BCUT2D eigenvalue weighted by Crippen LogP contribution is -2.28. The minimum Gasteiger partial charge on any atom is -0.339 e. The van der Waals surface area contributed by atoms with Gasteiger partial charge in [0.1, 0.15) is 0 Å². The third-order valence-electron chi connectivity index (χ3n) is 2.80. The van der Waals surface area contributed by atoms with Crippen LogP contribution in [0.2, 0.25) is 0 Å². The van der Waals surface area contributed by atoms with Crippen LogP contribution >= 0.6 is 31.9 Å². The number of nitrogens with zero attached hydrogens (tertiary/aromatic N) is 1. The number of rotatable bonds is 1. The van der Waals surface area contributed by atoms with Crippen LogP contribution in [0.4, 0.5) is 0 Å². The van der Waals surface area contributed by atoms with Crippen molar-refractivity contribution in [2.24, 2.45) is 0 Å². The molecule has 1 aliphatic heterocycles. The number of hydrogen-bond donors (Lipinski definition) is 0. The summed E-state index contributed by atoms with van der Waals surface area (Å²) in [7, 11) is 0. The molecule has 16 heavy (non-hydrogen) atoms. The molecule has 0 atom stereocenters. The first kappa shape index (κ1) is 12.1. The van der Waals surface area contributed by atoms with Crippen molar-refractivity contribution in [1.29, 1.82) is 0 Å². The standard InChI is InChI=1S/C12H13Br2NO/c1-8-6-9(11(14)10(13)7-8)12(16)15-4-2-3-5-15/h6-7H,2-5H2,1H3. The summed E-state index contributed by atoms with van der Waals surface area (Å²) in [4.78, 5) is 14.2. The summed E-state index contributed by atoms with van der Waals surface area (Å²) in [6.45, 7) is 3.77. The number of carbonyl (C=O) groups is 1. The van der Waals surface area contributed by atoms with E-state index < -0.39 is 0 Å². The summed E-state index contributed by atoms with van der Waals surface area (Å²) in [6.07, 6.45) is 2.24. The fourth-order valence-corrected chi connectivity index (χ4v) is 2.94. The van der Waals surface area contributed by atoms with Crippen LogP contribution in [0.5, 0.6) is 0 Å². The predicted octanol–water partition coefficient (Wildman–Crippen LogP) is 3.76. The lowest BCUT2D eigenvalue weighted by molar-refractivity contribution is 0.0791. The number of likely N-dealkylation sites (tertiary alicyclic amines) is 1. The maximum absolute atomic E-state index is 12.2. The Hall–Kier alpha value is -0.350. The first-order valence-corrected chi connectivity index (χ1v) is 6.93. The lowest BCUT2D eigenvalue weighted by Gasteiger charge is -2.17. The highest BCUT2D eigenvalue weighted by molar-refractivity contribution is 9.13. The summed E-state index contributed by atoms with van der Waals surface area (Å²) in [6, 6.07) is 3.94. The Morgan fingerprint density at radius 1 is 1.25 bits per heavy atom. The van der Waals surface area contributed by atoms with Gasteiger partial charge in [-0.3, -0.25) is 4.79 Å². The van der Waals surface area contributed by atoms with Crippen LogP contribution in [0, 0.1) is 6.92 Å². The van der Waals surface area contributed by atoms with Gasteiger partial charge < -0.3 is 4.90 Å². The van der Waals surface area contributed by atoms with E-state index in [4.69, 9.17) is 0 Å². The van der Waals surface area contributed by atoms with Crippen LogP contribution in [-0.4, -0.2) is 23.9 Å². The third-order valence-corrected chi connectivity index (χ3v) is 4.81.